The van der Waals surface area contributed by atoms with E-state index in [0.717, 1.165) is 11.1 Å². The minimum Gasteiger partial charge on any atom is -0.379 e. The van der Waals surface area contributed by atoms with Gasteiger partial charge in [0.15, 0.2) is 0 Å². The van der Waals surface area contributed by atoms with Crippen molar-refractivity contribution in [1.82, 2.24) is 9.21 Å². The fraction of sp³-hybridized carbons (Fsp3) is 0.458. The fourth-order valence-corrected chi connectivity index (χ4v) is 5.59. The summed E-state index contributed by atoms with van der Waals surface area (Å²) in [6.45, 7) is 4.71. The van der Waals surface area contributed by atoms with Gasteiger partial charge in [0.2, 0.25) is 15.9 Å². The van der Waals surface area contributed by atoms with Gasteiger partial charge in [-0.3, -0.25) is 4.79 Å². The Kier molecular flexibility index (Phi) is 7.25. The SMILES string of the molecule is CC1CN(C(=O)CCc2ccc(S(=O)(=O)N3CCOCC3)cc2)CC(c2ccccc2)O1. The van der Waals surface area contributed by atoms with Gasteiger partial charge < -0.3 is 14.4 Å². The highest BCUT2D eigenvalue weighted by Gasteiger charge is 2.29. The Morgan fingerprint density at radius 2 is 1.69 bits per heavy atom. The van der Waals surface area contributed by atoms with Crippen molar-refractivity contribution >= 4 is 15.9 Å². The Hall–Kier alpha value is -2.26. The van der Waals surface area contributed by atoms with Crippen LogP contribution in [-0.4, -0.2) is 69.0 Å². The molecule has 1 amide bonds. The molecule has 2 aromatic rings. The number of morpholine rings is 2. The first-order chi connectivity index (χ1) is 15.4. The number of carbonyl (C=O) groups excluding carboxylic acids is 1. The number of hydrogen-bond acceptors (Lipinski definition) is 5. The van der Waals surface area contributed by atoms with Crippen molar-refractivity contribution in [2.75, 3.05) is 39.4 Å². The molecule has 0 bridgehead atoms. The van der Waals surface area contributed by atoms with Crippen LogP contribution in [0.5, 0.6) is 0 Å². The summed E-state index contributed by atoms with van der Waals surface area (Å²) in [6.07, 6.45) is 0.804. The molecule has 0 N–H and O–H groups in total. The lowest BCUT2D eigenvalue weighted by atomic mass is 10.1. The van der Waals surface area contributed by atoms with Crippen molar-refractivity contribution in [2.45, 2.75) is 36.9 Å². The second kappa shape index (κ2) is 10.1. The summed E-state index contributed by atoms with van der Waals surface area (Å²) >= 11 is 0. The first-order valence-corrected chi connectivity index (χ1v) is 12.5. The highest BCUT2D eigenvalue weighted by atomic mass is 32.2. The molecule has 172 valence electrons. The van der Waals surface area contributed by atoms with E-state index >= 15 is 0 Å². The summed E-state index contributed by atoms with van der Waals surface area (Å²) in [5.41, 5.74) is 2.02. The van der Waals surface area contributed by atoms with E-state index in [0.29, 0.717) is 52.2 Å². The Balaban J connectivity index is 1.34. The van der Waals surface area contributed by atoms with Crippen LogP contribution in [0.25, 0.3) is 0 Å². The number of aryl methyl sites for hydroxylation is 1. The first-order valence-electron chi connectivity index (χ1n) is 11.1. The third-order valence-electron chi connectivity index (χ3n) is 5.94. The molecule has 4 rings (SSSR count). The molecule has 8 heteroatoms. The molecule has 0 spiro atoms. The van der Waals surface area contributed by atoms with Crippen molar-refractivity contribution in [2.24, 2.45) is 0 Å². The zero-order chi connectivity index (χ0) is 22.6. The zero-order valence-corrected chi connectivity index (χ0v) is 19.2. The van der Waals surface area contributed by atoms with Crippen LogP contribution in [0.3, 0.4) is 0 Å². The number of carbonyl (C=O) groups is 1. The van der Waals surface area contributed by atoms with Crippen molar-refractivity contribution in [3.05, 3.63) is 65.7 Å². The van der Waals surface area contributed by atoms with Gasteiger partial charge in [-0.15, -0.1) is 0 Å². The predicted octanol–water partition coefficient (Wildman–Crippen LogP) is 2.63. The van der Waals surface area contributed by atoms with Crippen LogP contribution in [0.2, 0.25) is 0 Å². The van der Waals surface area contributed by atoms with E-state index in [1.807, 2.05) is 42.2 Å². The second-order valence-corrected chi connectivity index (χ2v) is 10.2. The van der Waals surface area contributed by atoms with Gasteiger partial charge >= 0.3 is 0 Å². The van der Waals surface area contributed by atoms with Crippen LogP contribution in [0.15, 0.2) is 59.5 Å². The Morgan fingerprint density at radius 3 is 2.38 bits per heavy atom. The standard InChI is InChI=1S/C24H30N2O5S/c1-19-17-25(18-23(31-19)21-5-3-2-4-6-21)24(27)12-9-20-7-10-22(11-8-20)32(28,29)26-13-15-30-16-14-26/h2-8,10-11,19,23H,9,12-18H2,1H3. The molecular formula is C24H30N2O5S. The average Bonchev–Trinajstić information content (AvgIpc) is 2.83. The third-order valence-corrected chi connectivity index (χ3v) is 7.86. The van der Waals surface area contributed by atoms with Gasteiger partial charge in [0.1, 0.15) is 6.10 Å². The highest BCUT2D eigenvalue weighted by molar-refractivity contribution is 7.89. The van der Waals surface area contributed by atoms with E-state index in [2.05, 4.69) is 0 Å². The normalized spacial score (nSPS) is 22.6. The minimum atomic E-state index is -3.50. The Morgan fingerprint density at radius 1 is 1.00 bits per heavy atom. The largest absolute Gasteiger partial charge is 0.379 e. The van der Waals surface area contributed by atoms with Crippen molar-refractivity contribution < 1.29 is 22.7 Å². The van der Waals surface area contributed by atoms with E-state index in [-0.39, 0.29) is 23.0 Å². The average molecular weight is 459 g/mol. The third kappa shape index (κ3) is 5.38. The summed E-state index contributed by atoms with van der Waals surface area (Å²) in [7, 11) is -3.50. The number of sulfonamides is 1. The van der Waals surface area contributed by atoms with E-state index in [9.17, 15) is 13.2 Å². The summed E-state index contributed by atoms with van der Waals surface area (Å²) in [5.74, 6) is 0.0890. The van der Waals surface area contributed by atoms with E-state index in [1.54, 1.807) is 24.3 Å². The van der Waals surface area contributed by atoms with Crippen molar-refractivity contribution in [3.63, 3.8) is 0 Å². The maximum absolute atomic E-state index is 12.9. The number of amides is 1. The predicted molar refractivity (Wildman–Crippen MR) is 121 cm³/mol. The van der Waals surface area contributed by atoms with Gasteiger partial charge in [-0.05, 0) is 36.6 Å². The number of rotatable bonds is 6. The molecule has 0 aromatic heterocycles. The van der Waals surface area contributed by atoms with Crippen LogP contribution >= 0.6 is 0 Å². The molecule has 0 radical (unpaired) electrons. The summed E-state index contributed by atoms with van der Waals surface area (Å²) < 4.78 is 38.2. The summed E-state index contributed by atoms with van der Waals surface area (Å²) in [4.78, 5) is 15.0. The molecule has 0 aliphatic carbocycles. The molecule has 7 nitrogen and oxygen atoms in total. The first kappa shape index (κ1) is 22.9. The lowest BCUT2D eigenvalue weighted by molar-refractivity contribution is -0.144. The van der Waals surface area contributed by atoms with Gasteiger partial charge in [-0.1, -0.05) is 42.5 Å². The molecule has 2 aliphatic heterocycles. The Labute approximate surface area is 190 Å². The molecule has 2 saturated heterocycles. The van der Waals surface area contributed by atoms with Gasteiger partial charge in [0.05, 0.1) is 30.8 Å². The quantitative estimate of drug-likeness (QED) is 0.665. The molecule has 2 heterocycles. The molecule has 32 heavy (non-hydrogen) atoms. The molecule has 2 aromatic carbocycles. The maximum Gasteiger partial charge on any atom is 0.243 e. The highest BCUT2D eigenvalue weighted by Crippen LogP contribution is 2.26. The van der Waals surface area contributed by atoms with Gasteiger partial charge in [-0.25, -0.2) is 8.42 Å². The van der Waals surface area contributed by atoms with Gasteiger partial charge in [-0.2, -0.15) is 4.31 Å². The van der Waals surface area contributed by atoms with Crippen molar-refractivity contribution in [1.29, 1.82) is 0 Å². The zero-order valence-electron chi connectivity index (χ0n) is 18.4. The molecule has 2 fully saturated rings. The lowest BCUT2D eigenvalue weighted by Gasteiger charge is -2.37. The smallest absolute Gasteiger partial charge is 0.243 e. The second-order valence-electron chi connectivity index (χ2n) is 8.31. The summed E-state index contributed by atoms with van der Waals surface area (Å²) in [5, 5.41) is 0. The topological polar surface area (TPSA) is 76.2 Å². The number of ether oxygens (including phenoxy) is 2. The number of benzene rings is 2. The fourth-order valence-electron chi connectivity index (χ4n) is 4.18. The minimum absolute atomic E-state index is 0.0254. The van der Waals surface area contributed by atoms with Crippen LogP contribution in [0.1, 0.15) is 30.6 Å². The van der Waals surface area contributed by atoms with Crippen LogP contribution in [-0.2, 0) is 30.7 Å². The molecule has 0 saturated carbocycles. The van der Waals surface area contributed by atoms with E-state index < -0.39 is 10.0 Å². The molecule has 2 unspecified atom stereocenters. The summed E-state index contributed by atoms with van der Waals surface area (Å²) in [6, 6.07) is 16.8. The Bertz CT molecular complexity index is 1000. The monoisotopic (exact) mass is 458 g/mol. The van der Waals surface area contributed by atoms with E-state index in [4.69, 9.17) is 9.47 Å². The molecule has 2 aliphatic rings. The van der Waals surface area contributed by atoms with Crippen molar-refractivity contribution in [3.8, 4) is 0 Å². The van der Waals surface area contributed by atoms with Crippen LogP contribution in [0.4, 0.5) is 0 Å². The van der Waals surface area contributed by atoms with Crippen LogP contribution < -0.4 is 0 Å². The van der Waals surface area contributed by atoms with Gasteiger partial charge in [0, 0.05) is 26.1 Å². The number of nitrogens with zero attached hydrogens (tertiary/aromatic N) is 2. The lowest BCUT2D eigenvalue weighted by Crippen LogP contribution is -2.46. The van der Waals surface area contributed by atoms with Crippen LogP contribution in [0, 0.1) is 0 Å². The van der Waals surface area contributed by atoms with E-state index in [1.165, 1.54) is 4.31 Å². The molecule has 2 atom stereocenters. The van der Waals surface area contributed by atoms with Gasteiger partial charge in [0.25, 0.3) is 0 Å². The maximum atomic E-state index is 12.9. The molecular weight excluding hydrogens is 428 g/mol. The number of hydrogen-bond donors (Lipinski definition) is 0.